The van der Waals surface area contributed by atoms with Crippen LogP contribution < -0.4 is 10.6 Å². The fraction of sp³-hybridized carbons (Fsp3) is 0.286. The normalized spacial score (nSPS) is 11.0. The van der Waals surface area contributed by atoms with Gasteiger partial charge >= 0.3 is 0 Å². The fourth-order valence-electron chi connectivity index (χ4n) is 2.52. The lowest BCUT2D eigenvalue weighted by molar-refractivity contribution is 0.0966. The summed E-state index contributed by atoms with van der Waals surface area (Å²) in [6.07, 6.45) is 0. The van der Waals surface area contributed by atoms with Crippen molar-refractivity contribution in [2.45, 2.75) is 40.0 Å². The topological polar surface area (TPSA) is 41.1 Å². The summed E-state index contributed by atoms with van der Waals surface area (Å²) in [4.78, 5) is 12.4. The molecule has 2 N–H and O–H groups in total. The predicted octanol–water partition coefficient (Wildman–Crippen LogP) is 4.91. The molecule has 0 fully saturated rings. The van der Waals surface area contributed by atoms with E-state index in [1.807, 2.05) is 56.3 Å². The molecule has 0 aromatic heterocycles. The van der Waals surface area contributed by atoms with E-state index >= 15 is 0 Å². The Labute approximate surface area is 144 Å². The highest BCUT2D eigenvalue weighted by atomic mass is 16.1. The number of anilines is 1. The number of aryl methyl sites for hydroxylation is 2. The molecule has 0 aliphatic rings. The van der Waals surface area contributed by atoms with Crippen molar-refractivity contribution in [2.24, 2.45) is 0 Å². The molecule has 0 bridgehead atoms. The first-order valence-electron chi connectivity index (χ1n) is 8.12. The molecule has 0 saturated heterocycles. The summed E-state index contributed by atoms with van der Waals surface area (Å²) >= 11 is 0. The Morgan fingerprint density at radius 2 is 1.50 bits per heavy atom. The second-order valence-electron chi connectivity index (χ2n) is 7.15. The highest BCUT2D eigenvalue weighted by Gasteiger charge is 2.14. The van der Waals surface area contributed by atoms with Gasteiger partial charge in [-0.3, -0.25) is 4.79 Å². The van der Waals surface area contributed by atoms with E-state index in [0.717, 1.165) is 16.8 Å². The molecule has 3 nitrogen and oxygen atoms in total. The Hall–Kier alpha value is -2.55. The lowest BCUT2D eigenvalue weighted by Crippen LogP contribution is -2.26. The van der Waals surface area contributed by atoms with Crippen molar-refractivity contribution < 1.29 is 4.79 Å². The number of nitrogens with one attached hydrogen (secondary N) is 2. The van der Waals surface area contributed by atoms with Gasteiger partial charge in [0.1, 0.15) is 5.82 Å². The third-order valence-corrected chi connectivity index (χ3v) is 4.03. The van der Waals surface area contributed by atoms with Crippen molar-refractivity contribution in [1.82, 2.24) is 5.32 Å². The van der Waals surface area contributed by atoms with Crippen molar-refractivity contribution in [3.63, 3.8) is 0 Å². The number of para-hydroxylation sites is 1. The third-order valence-electron chi connectivity index (χ3n) is 4.03. The van der Waals surface area contributed by atoms with Gasteiger partial charge in [0.2, 0.25) is 0 Å². The minimum Gasteiger partial charge on any atom is -0.342 e. The van der Waals surface area contributed by atoms with Crippen LogP contribution in [0.2, 0.25) is 0 Å². The van der Waals surface area contributed by atoms with Gasteiger partial charge in [-0.2, -0.15) is 0 Å². The average molecular weight is 322 g/mol. The standard InChI is InChI=1S/C21H26N2O/c1-14-8-7-9-15(2)19(14)22-16(3)23-20(24)17-10-12-18(13-11-17)21(4,5)6/h7-13,22H,3H2,1-2,4-6H3,(H,23,24). The Balaban J connectivity index is 2.05. The minimum absolute atomic E-state index is 0.0719. The minimum atomic E-state index is -0.167. The molecule has 0 aliphatic carbocycles. The van der Waals surface area contributed by atoms with Crippen LogP contribution in [0.5, 0.6) is 0 Å². The summed E-state index contributed by atoms with van der Waals surface area (Å²) in [6.45, 7) is 14.4. The van der Waals surface area contributed by atoms with E-state index in [0.29, 0.717) is 11.4 Å². The largest absolute Gasteiger partial charge is 0.342 e. The molecule has 2 rings (SSSR count). The van der Waals surface area contributed by atoms with E-state index in [2.05, 4.69) is 38.0 Å². The Kier molecular flexibility index (Phi) is 5.13. The van der Waals surface area contributed by atoms with Crippen molar-refractivity contribution >= 4 is 11.6 Å². The molecular weight excluding hydrogens is 296 g/mol. The van der Waals surface area contributed by atoms with Crippen molar-refractivity contribution in [3.05, 3.63) is 77.1 Å². The van der Waals surface area contributed by atoms with Crippen molar-refractivity contribution in [2.75, 3.05) is 5.32 Å². The molecule has 0 atom stereocenters. The first-order chi connectivity index (χ1) is 11.2. The van der Waals surface area contributed by atoms with Gasteiger partial charge in [-0.15, -0.1) is 0 Å². The van der Waals surface area contributed by atoms with Crippen LogP contribution in [0.1, 0.15) is 47.8 Å². The molecule has 126 valence electrons. The molecule has 3 heteroatoms. The molecule has 2 aromatic carbocycles. The van der Waals surface area contributed by atoms with Crippen LogP contribution in [0.3, 0.4) is 0 Å². The van der Waals surface area contributed by atoms with E-state index in [-0.39, 0.29) is 11.3 Å². The van der Waals surface area contributed by atoms with E-state index in [1.54, 1.807) is 0 Å². The lowest BCUT2D eigenvalue weighted by atomic mass is 9.87. The van der Waals surface area contributed by atoms with E-state index in [4.69, 9.17) is 0 Å². The van der Waals surface area contributed by atoms with Crippen LogP contribution in [-0.4, -0.2) is 5.91 Å². The van der Waals surface area contributed by atoms with Crippen molar-refractivity contribution in [1.29, 1.82) is 0 Å². The maximum absolute atomic E-state index is 12.4. The number of carbonyl (C=O) groups is 1. The van der Waals surface area contributed by atoms with E-state index in [9.17, 15) is 4.79 Å². The molecule has 1 amide bonds. The monoisotopic (exact) mass is 322 g/mol. The zero-order valence-electron chi connectivity index (χ0n) is 15.2. The molecule has 0 unspecified atom stereocenters. The molecule has 0 saturated carbocycles. The third kappa shape index (κ3) is 4.25. The highest BCUT2D eigenvalue weighted by Crippen LogP contribution is 2.23. The first kappa shape index (κ1) is 17.8. The molecule has 24 heavy (non-hydrogen) atoms. The number of hydrogen-bond donors (Lipinski definition) is 2. The number of benzene rings is 2. The van der Waals surface area contributed by atoms with Gasteiger partial charge in [0.25, 0.3) is 5.91 Å². The Morgan fingerprint density at radius 3 is 2.00 bits per heavy atom. The quantitative estimate of drug-likeness (QED) is 0.839. The lowest BCUT2D eigenvalue weighted by Gasteiger charge is -2.19. The number of rotatable bonds is 4. The van der Waals surface area contributed by atoms with Gasteiger partial charge in [-0.1, -0.05) is 57.7 Å². The summed E-state index contributed by atoms with van der Waals surface area (Å²) in [5.74, 6) is 0.302. The maximum atomic E-state index is 12.4. The van der Waals surface area contributed by atoms with E-state index in [1.165, 1.54) is 5.56 Å². The summed E-state index contributed by atoms with van der Waals surface area (Å²) in [5.41, 5.74) is 5.09. The Bertz CT molecular complexity index is 732. The first-order valence-corrected chi connectivity index (χ1v) is 8.12. The van der Waals surface area contributed by atoms with Gasteiger partial charge in [0.15, 0.2) is 0 Å². The summed E-state index contributed by atoms with van der Waals surface area (Å²) in [7, 11) is 0. The molecule has 0 aliphatic heterocycles. The summed E-state index contributed by atoms with van der Waals surface area (Å²) in [5, 5.41) is 6.00. The smallest absolute Gasteiger partial charge is 0.256 e. The average Bonchev–Trinajstić information content (AvgIpc) is 2.50. The number of carbonyl (C=O) groups excluding carboxylic acids is 1. The van der Waals surface area contributed by atoms with Gasteiger partial charge in [0, 0.05) is 11.3 Å². The second kappa shape index (κ2) is 6.91. The van der Waals surface area contributed by atoms with Gasteiger partial charge < -0.3 is 10.6 Å². The molecule has 0 radical (unpaired) electrons. The molecule has 0 spiro atoms. The molecule has 2 aromatic rings. The SMILES string of the molecule is C=C(NC(=O)c1ccc(C(C)(C)C)cc1)Nc1c(C)cccc1C. The Morgan fingerprint density at radius 1 is 0.958 bits per heavy atom. The summed E-state index contributed by atoms with van der Waals surface area (Å²) < 4.78 is 0. The molecular formula is C21H26N2O. The van der Waals surface area contributed by atoms with Crippen LogP contribution in [0.25, 0.3) is 0 Å². The number of amides is 1. The second-order valence-corrected chi connectivity index (χ2v) is 7.15. The summed E-state index contributed by atoms with van der Waals surface area (Å²) in [6, 6.07) is 13.7. The zero-order valence-corrected chi connectivity index (χ0v) is 15.2. The van der Waals surface area contributed by atoms with Crippen LogP contribution in [0.15, 0.2) is 54.9 Å². The van der Waals surface area contributed by atoms with Crippen LogP contribution in [0, 0.1) is 13.8 Å². The maximum Gasteiger partial charge on any atom is 0.256 e. The van der Waals surface area contributed by atoms with Gasteiger partial charge in [-0.25, -0.2) is 0 Å². The van der Waals surface area contributed by atoms with E-state index < -0.39 is 0 Å². The fourth-order valence-corrected chi connectivity index (χ4v) is 2.52. The van der Waals surface area contributed by atoms with Gasteiger partial charge in [-0.05, 0) is 48.1 Å². The van der Waals surface area contributed by atoms with Crippen LogP contribution in [-0.2, 0) is 5.41 Å². The zero-order chi connectivity index (χ0) is 17.9. The highest BCUT2D eigenvalue weighted by molar-refractivity contribution is 5.95. The van der Waals surface area contributed by atoms with Crippen LogP contribution >= 0.6 is 0 Å². The van der Waals surface area contributed by atoms with Crippen LogP contribution in [0.4, 0.5) is 5.69 Å². The molecule has 0 heterocycles. The van der Waals surface area contributed by atoms with Crippen molar-refractivity contribution in [3.8, 4) is 0 Å². The number of hydrogen-bond acceptors (Lipinski definition) is 2. The van der Waals surface area contributed by atoms with Gasteiger partial charge in [0.05, 0.1) is 0 Å². The predicted molar refractivity (Wildman–Crippen MR) is 101 cm³/mol.